The fourth-order valence-corrected chi connectivity index (χ4v) is 2.43. The summed E-state index contributed by atoms with van der Waals surface area (Å²) in [5.41, 5.74) is 0.441. The van der Waals surface area contributed by atoms with E-state index in [9.17, 15) is 13.2 Å². The fraction of sp³-hybridized carbons (Fsp3) is 0. The standard InChI is InChI=1S/C13H9ClO4S/c14-11-3-7-13(8-4-11)19(16,17)18-12-5-1-10(9-15)2-6-12/h1-9H. The Balaban J connectivity index is 2.25. The lowest BCUT2D eigenvalue weighted by molar-refractivity contribution is 0.112. The highest BCUT2D eigenvalue weighted by atomic mass is 35.5. The predicted molar refractivity (Wildman–Crippen MR) is 71.1 cm³/mol. The molecular weight excluding hydrogens is 288 g/mol. The number of rotatable bonds is 4. The summed E-state index contributed by atoms with van der Waals surface area (Å²) in [6, 6.07) is 11.4. The topological polar surface area (TPSA) is 60.4 Å². The second kappa shape index (κ2) is 5.42. The maximum atomic E-state index is 11.9. The van der Waals surface area contributed by atoms with E-state index in [4.69, 9.17) is 15.8 Å². The third-order valence-corrected chi connectivity index (χ3v) is 3.84. The number of carbonyl (C=O) groups is 1. The van der Waals surface area contributed by atoms with Gasteiger partial charge in [0.15, 0.2) is 0 Å². The van der Waals surface area contributed by atoms with Gasteiger partial charge in [-0.1, -0.05) is 11.6 Å². The van der Waals surface area contributed by atoms with Crippen molar-refractivity contribution in [3.05, 3.63) is 59.1 Å². The molecule has 0 unspecified atom stereocenters. The third-order valence-electron chi connectivity index (χ3n) is 2.32. The summed E-state index contributed by atoms with van der Waals surface area (Å²) in [5.74, 6) is 0.139. The fourth-order valence-electron chi connectivity index (χ4n) is 1.38. The van der Waals surface area contributed by atoms with Crippen molar-refractivity contribution in [2.45, 2.75) is 4.90 Å². The molecule has 6 heteroatoms. The van der Waals surface area contributed by atoms with E-state index in [1.165, 1.54) is 48.5 Å². The number of hydrogen-bond acceptors (Lipinski definition) is 4. The number of aldehydes is 1. The van der Waals surface area contributed by atoms with Crippen LogP contribution in [-0.4, -0.2) is 14.7 Å². The molecule has 98 valence electrons. The van der Waals surface area contributed by atoms with Gasteiger partial charge in [0, 0.05) is 10.6 Å². The second-order valence-electron chi connectivity index (χ2n) is 3.68. The summed E-state index contributed by atoms with van der Waals surface area (Å²) in [6.07, 6.45) is 0.664. The van der Waals surface area contributed by atoms with Gasteiger partial charge in [-0.25, -0.2) is 0 Å². The lowest BCUT2D eigenvalue weighted by Crippen LogP contribution is -2.09. The Bertz CT molecular complexity index is 676. The maximum absolute atomic E-state index is 11.9. The maximum Gasteiger partial charge on any atom is 0.339 e. The van der Waals surface area contributed by atoms with E-state index in [2.05, 4.69) is 0 Å². The van der Waals surface area contributed by atoms with Gasteiger partial charge in [-0.2, -0.15) is 8.42 Å². The van der Waals surface area contributed by atoms with Crippen molar-refractivity contribution in [2.75, 3.05) is 0 Å². The van der Waals surface area contributed by atoms with Crippen LogP contribution in [0.5, 0.6) is 5.75 Å². The first kappa shape index (κ1) is 13.6. The summed E-state index contributed by atoms with van der Waals surface area (Å²) in [4.78, 5) is 10.5. The van der Waals surface area contributed by atoms with Crippen molar-refractivity contribution in [1.29, 1.82) is 0 Å². The smallest absolute Gasteiger partial charge is 0.339 e. The largest absolute Gasteiger partial charge is 0.379 e. The molecule has 0 aliphatic heterocycles. The van der Waals surface area contributed by atoms with Crippen LogP contribution in [0.2, 0.25) is 5.02 Å². The van der Waals surface area contributed by atoms with Gasteiger partial charge in [-0.05, 0) is 48.5 Å². The van der Waals surface area contributed by atoms with Crippen molar-refractivity contribution in [1.82, 2.24) is 0 Å². The van der Waals surface area contributed by atoms with E-state index in [1.807, 2.05) is 0 Å². The molecule has 0 spiro atoms. The zero-order valence-corrected chi connectivity index (χ0v) is 11.2. The molecule has 4 nitrogen and oxygen atoms in total. The van der Waals surface area contributed by atoms with Gasteiger partial charge < -0.3 is 4.18 Å². The highest BCUT2D eigenvalue weighted by molar-refractivity contribution is 7.87. The van der Waals surface area contributed by atoms with Gasteiger partial charge in [0.1, 0.15) is 16.9 Å². The van der Waals surface area contributed by atoms with Crippen molar-refractivity contribution >= 4 is 28.0 Å². The third kappa shape index (κ3) is 3.33. The lowest BCUT2D eigenvalue weighted by atomic mass is 10.2. The van der Waals surface area contributed by atoms with Crippen molar-refractivity contribution in [3.63, 3.8) is 0 Å². The Hall–Kier alpha value is -1.85. The molecule has 0 aliphatic carbocycles. The summed E-state index contributed by atoms with van der Waals surface area (Å²) < 4.78 is 28.8. The molecule has 0 amide bonds. The Morgan fingerprint density at radius 3 is 2.05 bits per heavy atom. The van der Waals surface area contributed by atoms with Crippen LogP contribution in [0.25, 0.3) is 0 Å². The van der Waals surface area contributed by atoms with E-state index in [-0.39, 0.29) is 10.6 Å². The van der Waals surface area contributed by atoms with Gasteiger partial charge in [0.05, 0.1) is 0 Å². The average Bonchev–Trinajstić information content (AvgIpc) is 2.40. The molecule has 0 saturated carbocycles. The van der Waals surface area contributed by atoms with Crippen LogP contribution in [0.4, 0.5) is 0 Å². The summed E-state index contributed by atoms with van der Waals surface area (Å²) >= 11 is 5.69. The molecule has 0 bridgehead atoms. The van der Waals surface area contributed by atoms with Crippen molar-refractivity contribution in [2.24, 2.45) is 0 Å². The first-order valence-electron chi connectivity index (χ1n) is 5.26. The Morgan fingerprint density at radius 2 is 1.53 bits per heavy atom. The van der Waals surface area contributed by atoms with E-state index in [0.29, 0.717) is 16.9 Å². The lowest BCUT2D eigenvalue weighted by Gasteiger charge is -2.07. The molecule has 0 saturated heterocycles. The zero-order chi connectivity index (χ0) is 13.9. The average molecular weight is 297 g/mol. The number of halogens is 1. The van der Waals surface area contributed by atoms with Crippen LogP contribution in [0.1, 0.15) is 10.4 Å². The first-order valence-corrected chi connectivity index (χ1v) is 7.05. The number of carbonyl (C=O) groups excluding carboxylic acids is 1. The minimum absolute atomic E-state index is 0.0105. The van der Waals surface area contributed by atoms with E-state index in [1.54, 1.807) is 0 Å². The van der Waals surface area contributed by atoms with Crippen LogP contribution < -0.4 is 4.18 Å². The Labute approximate surface area is 115 Å². The molecule has 2 aromatic carbocycles. The minimum atomic E-state index is -3.90. The molecule has 0 radical (unpaired) electrons. The van der Waals surface area contributed by atoms with Crippen LogP contribution in [-0.2, 0) is 10.1 Å². The summed E-state index contributed by atoms with van der Waals surface area (Å²) in [7, 11) is -3.90. The molecule has 0 aliphatic rings. The molecule has 0 N–H and O–H groups in total. The predicted octanol–water partition coefficient (Wildman–Crippen LogP) is 2.92. The first-order chi connectivity index (χ1) is 9.01. The van der Waals surface area contributed by atoms with E-state index >= 15 is 0 Å². The normalized spacial score (nSPS) is 11.0. The molecule has 0 atom stereocenters. The Morgan fingerprint density at radius 1 is 0.947 bits per heavy atom. The minimum Gasteiger partial charge on any atom is -0.379 e. The highest BCUT2D eigenvalue weighted by Gasteiger charge is 2.16. The van der Waals surface area contributed by atoms with Crippen LogP contribution >= 0.6 is 11.6 Å². The number of hydrogen-bond donors (Lipinski definition) is 0. The molecule has 0 aromatic heterocycles. The second-order valence-corrected chi connectivity index (χ2v) is 5.66. The van der Waals surface area contributed by atoms with E-state index in [0.717, 1.165) is 0 Å². The van der Waals surface area contributed by atoms with Gasteiger partial charge in [0.25, 0.3) is 0 Å². The molecule has 19 heavy (non-hydrogen) atoms. The molecular formula is C13H9ClO4S. The van der Waals surface area contributed by atoms with Gasteiger partial charge in [-0.3, -0.25) is 4.79 Å². The van der Waals surface area contributed by atoms with Crippen molar-refractivity contribution in [3.8, 4) is 5.75 Å². The van der Waals surface area contributed by atoms with Crippen LogP contribution in [0.3, 0.4) is 0 Å². The highest BCUT2D eigenvalue weighted by Crippen LogP contribution is 2.20. The van der Waals surface area contributed by atoms with E-state index < -0.39 is 10.1 Å². The SMILES string of the molecule is O=Cc1ccc(OS(=O)(=O)c2ccc(Cl)cc2)cc1. The molecule has 2 rings (SSSR count). The van der Waals surface area contributed by atoms with Crippen LogP contribution in [0.15, 0.2) is 53.4 Å². The zero-order valence-electron chi connectivity index (χ0n) is 9.62. The molecule has 0 heterocycles. The summed E-state index contributed by atoms with van der Waals surface area (Å²) in [5, 5.41) is 0.439. The molecule has 2 aromatic rings. The molecule has 0 fully saturated rings. The van der Waals surface area contributed by atoms with Gasteiger partial charge in [0.2, 0.25) is 0 Å². The Kier molecular flexibility index (Phi) is 3.87. The number of benzene rings is 2. The monoisotopic (exact) mass is 296 g/mol. The summed E-state index contributed by atoms with van der Waals surface area (Å²) in [6.45, 7) is 0. The van der Waals surface area contributed by atoms with Crippen molar-refractivity contribution < 1.29 is 17.4 Å². The van der Waals surface area contributed by atoms with Gasteiger partial charge >= 0.3 is 10.1 Å². The van der Waals surface area contributed by atoms with Gasteiger partial charge in [-0.15, -0.1) is 0 Å². The van der Waals surface area contributed by atoms with Crippen LogP contribution in [0, 0.1) is 0 Å². The quantitative estimate of drug-likeness (QED) is 0.643.